The van der Waals surface area contributed by atoms with Gasteiger partial charge in [-0.3, -0.25) is 0 Å². The monoisotopic (exact) mass is 855 g/mol. The fourth-order valence-corrected chi connectivity index (χ4v) is 12.2. The van der Waals surface area contributed by atoms with Gasteiger partial charge in [-0.25, -0.2) is 0 Å². The van der Waals surface area contributed by atoms with Gasteiger partial charge >= 0.3 is 0 Å². The van der Waals surface area contributed by atoms with E-state index in [9.17, 15) is 0 Å². The van der Waals surface area contributed by atoms with Gasteiger partial charge in [-0.05, 0) is 138 Å². The third kappa shape index (κ3) is 6.08. The summed E-state index contributed by atoms with van der Waals surface area (Å²) in [5.74, 6) is 0. The molecular weight excluding hydrogens is 807 g/mol. The molecule has 3 aliphatic carbocycles. The first-order chi connectivity index (χ1) is 33.0. The predicted octanol–water partition coefficient (Wildman–Crippen LogP) is 17.4. The molecule has 0 aliphatic heterocycles. The molecule has 1 atom stereocenters. The van der Waals surface area contributed by atoms with Crippen LogP contribution in [0.4, 0.5) is 17.1 Å². The number of anilines is 3. The Morgan fingerprint density at radius 1 is 0.328 bits per heavy atom. The van der Waals surface area contributed by atoms with Crippen molar-refractivity contribution in [3.63, 3.8) is 0 Å². The van der Waals surface area contributed by atoms with E-state index in [0.717, 1.165) is 29.9 Å². The maximum atomic E-state index is 2.52. The van der Waals surface area contributed by atoms with Gasteiger partial charge in [0.2, 0.25) is 0 Å². The number of fused-ring (bicyclic) bond motifs is 10. The van der Waals surface area contributed by atoms with Crippen LogP contribution in [-0.2, 0) is 17.3 Å². The van der Waals surface area contributed by atoms with Gasteiger partial charge in [0.05, 0.1) is 5.69 Å². The standard InChI is InChI=1S/C66H49N/c1-65(2)60-24-11-7-20-56(60)58-22-14-21-54(64(58)65)49-35-37-51(38-36-49)67(52-39-40-57-55-19-8-12-25-61(55)66(62(57)43-52)42-41-50-17-6-10-23-59(50)66)63-26-13-9-18-53(63)48-33-31-47(32-34-48)46-29-27-45(28-30-46)44-15-4-3-5-16-44/h3-40,43H,41-42H2,1-2H3. The molecule has 0 heterocycles. The van der Waals surface area contributed by atoms with E-state index in [1.165, 1.54) is 100 Å². The van der Waals surface area contributed by atoms with Gasteiger partial charge in [0.15, 0.2) is 0 Å². The molecule has 0 saturated carbocycles. The van der Waals surface area contributed by atoms with E-state index in [0.29, 0.717) is 0 Å². The Balaban J connectivity index is 0.944. The van der Waals surface area contributed by atoms with Crippen molar-refractivity contribution in [1.82, 2.24) is 0 Å². The Kier molecular flexibility index (Phi) is 8.99. The Hall–Kier alpha value is -8.00. The molecule has 3 aliphatic rings. The van der Waals surface area contributed by atoms with Crippen molar-refractivity contribution < 1.29 is 0 Å². The highest BCUT2D eigenvalue weighted by Gasteiger charge is 2.48. The fourth-order valence-electron chi connectivity index (χ4n) is 12.2. The molecule has 0 amide bonds. The maximum absolute atomic E-state index is 2.52. The molecule has 67 heavy (non-hydrogen) atoms. The van der Waals surface area contributed by atoms with Crippen LogP contribution < -0.4 is 4.90 Å². The van der Waals surface area contributed by atoms with E-state index in [2.05, 4.69) is 255 Å². The third-order valence-corrected chi connectivity index (χ3v) is 15.3. The summed E-state index contributed by atoms with van der Waals surface area (Å²) < 4.78 is 0. The summed E-state index contributed by atoms with van der Waals surface area (Å²) in [6.45, 7) is 4.76. The number of benzene rings is 10. The summed E-state index contributed by atoms with van der Waals surface area (Å²) in [6.07, 6.45) is 2.13. The van der Waals surface area contributed by atoms with Crippen LogP contribution in [0.15, 0.2) is 237 Å². The Labute approximate surface area is 394 Å². The second kappa shape index (κ2) is 15.3. The van der Waals surface area contributed by atoms with Gasteiger partial charge in [0, 0.05) is 27.8 Å². The first-order valence-corrected chi connectivity index (χ1v) is 23.8. The van der Waals surface area contributed by atoms with E-state index in [-0.39, 0.29) is 10.8 Å². The second-order valence-corrected chi connectivity index (χ2v) is 19.2. The third-order valence-electron chi connectivity index (χ3n) is 15.3. The number of para-hydroxylation sites is 1. The Morgan fingerprint density at radius 3 is 1.52 bits per heavy atom. The van der Waals surface area contributed by atoms with Crippen LogP contribution in [0.3, 0.4) is 0 Å². The van der Waals surface area contributed by atoms with E-state index < -0.39 is 0 Å². The predicted molar refractivity (Wildman–Crippen MR) is 281 cm³/mol. The lowest BCUT2D eigenvalue weighted by Gasteiger charge is -2.32. The highest BCUT2D eigenvalue weighted by atomic mass is 15.1. The number of rotatable bonds is 7. The highest BCUT2D eigenvalue weighted by Crippen LogP contribution is 2.59. The zero-order valence-corrected chi connectivity index (χ0v) is 37.9. The van der Waals surface area contributed by atoms with Gasteiger partial charge in [0.25, 0.3) is 0 Å². The summed E-state index contributed by atoms with van der Waals surface area (Å²) in [7, 11) is 0. The zero-order valence-electron chi connectivity index (χ0n) is 37.9. The molecule has 1 heteroatoms. The molecule has 1 unspecified atom stereocenters. The molecule has 0 saturated heterocycles. The molecule has 10 aromatic rings. The number of hydrogen-bond donors (Lipinski definition) is 0. The largest absolute Gasteiger partial charge is 0.310 e. The van der Waals surface area contributed by atoms with Crippen molar-refractivity contribution in [1.29, 1.82) is 0 Å². The minimum absolute atomic E-state index is 0.107. The van der Waals surface area contributed by atoms with E-state index in [4.69, 9.17) is 0 Å². The molecular formula is C66H49N. The normalized spacial score (nSPS) is 15.7. The lowest BCUT2D eigenvalue weighted by molar-refractivity contribution is 0.626. The average molecular weight is 856 g/mol. The molecule has 0 aromatic heterocycles. The fraction of sp³-hybridized carbons (Fsp3) is 0.0909. The van der Waals surface area contributed by atoms with Crippen LogP contribution in [0.25, 0.3) is 66.8 Å². The summed E-state index contributed by atoms with van der Waals surface area (Å²) >= 11 is 0. The van der Waals surface area contributed by atoms with Crippen LogP contribution in [-0.4, -0.2) is 0 Å². The Bertz CT molecular complexity index is 3520. The van der Waals surface area contributed by atoms with Crippen LogP contribution >= 0.6 is 0 Å². The summed E-state index contributed by atoms with van der Waals surface area (Å²) in [5, 5.41) is 0. The minimum atomic E-state index is -0.194. The molecule has 10 aromatic carbocycles. The summed E-state index contributed by atoms with van der Waals surface area (Å²) in [6, 6.07) is 88.3. The molecule has 0 bridgehead atoms. The highest BCUT2D eigenvalue weighted by molar-refractivity contribution is 5.93. The smallest absolute Gasteiger partial charge is 0.0540 e. The first kappa shape index (κ1) is 39.4. The van der Waals surface area contributed by atoms with Crippen molar-refractivity contribution in [2.75, 3.05) is 4.90 Å². The number of aryl methyl sites for hydroxylation is 1. The van der Waals surface area contributed by atoms with E-state index >= 15 is 0 Å². The minimum Gasteiger partial charge on any atom is -0.310 e. The molecule has 0 radical (unpaired) electrons. The lowest BCUT2D eigenvalue weighted by Crippen LogP contribution is -2.24. The van der Waals surface area contributed by atoms with Gasteiger partial charge in [0.1, 0.15) is 0 Å². The van der Waals surface area contributed by atoms with Crippen LogP contribution in [0, 0.1) is 0 Å². The van der Waals surface area contributed by atoms with Gasteiger partial charge in [-0.1, -0.05) is 220 Å². The topological polar surface area (TPSA) is 3.24 Å². The van der Waals surface area contributed by atoms with Gasteiger partial charge in [-0.2, -0.15) is 0 Å². The molecule has 13 rings (SSSR count). The van der Waals surface area contributed by atoms with Crippen molar-refractivity contribution in [3.05, 3.63) is 270 Å². The van der Waals surface area contributed by atoms with Crippen molar-refractivity contribution in [2.45, 2.75) is 37.5 Å². The first-order valence-electron chi connectivity index (χ1n) is 23.8. The van der Waals surface area contributed by atoms with Gasteiger partial charge in [-0.15, -0.1) is 0 Å². The lowest BCUT2D eigenvalue weighted by atomic mass is 9.73. The second-order valence-electron chi connectivity index (χ2n) is 19.2. The van der Waals surface area contributed by atoms with Crippen molar-refractivity contribution in [3.8, 4) is 66.8 Å². The molecule has 0 fully saturated rings. The molecule has 1 nitrogen and oxygen atoms in total. The average Bonchev–Trinajstić information content (AvgIpc) is 4.00. The summed E-state index contributed by atoms with van der Waals surface area (Å²) in [5.41, 5.74) is 26.8. The van der Waals surface area contributed by atoms with Crippen molar-refractivity contribution in [2.24, 2.45) is 0 Å². The van der Waals surface area contributed by atoms with E-state index in [1.54, 1.807) is 0 Å². The van der Waals surface area contributed by atoms with Crippen molar-refractivity contribution >= 4 is 17.1 Å². The maximum Gasteiger partial charge on any atom is 0.0540 e. The van der Waals surface area contributed by atoms with Crippen LogP contribution in [0.1, 0.15) is 53.6 Å². The number of nitrogens with zero attached hydrogens (tertiary/aromatic N) is 1. The van der Waals surface area contributed by atoms with Crippen LogP contribution in [0.5, 0.6) is 0 Å². The SMILES string of the molecule is CC1(C)c2ccccc2-c2cccc(-c3ccc(N(c4ccc5c(c4)C4(CCc6ccccc64)c4ccccc4-5)c4ccccc4-c4ccc(-c5ccc(-c6ccccc6)cc5)cc4)cc3)c21. The van der Waals surface area contributed by atoms with Gasteiger partial charge < -0.3 is 4.90 Å². The molecule has 1 spiro atoms. The van der Waals surface area contributed by atoms with Crippen LogP contribution in [0.2, 0.25) is 0 Å². The molecule has 318 valence electrons. The van der Waals surface area contributed by atoms with E-state index in [1.807, 2.05) is 0 Å². The quantitative estimate of drug-likeness (QED) is 0.154. The summed E-state index contributed by atoms with van der Waals surface area (Å²) in [4.78, 5) is 2.50. The zero-order chi connectivity index (χ0) is 44.7. The Morgan fingerprint density at radius 2 is 0.806 bits per heavy atom. The number of hydrogen-bond acceptors (Lipinski definition) is 1. The molecule has 0 N–H and O–H groups in total.